The average Bonchev–Trinajstić information content (AvgIpc) is 3.61. The second kappa shape index (κ2) is 20.7. The van der Waals surface area contributed by atoms with Gasteiger partial charge in [0.05, 0.1) is 26.7 Å². The lowest BCUT2D eigenvalue weighted by Gasteiger charge is -2.51. The van der Waals surface area contributed by atoms with Gasteiger partial charge in [0.15, 0.2) is 0 Å². The van der Waals surface area contributed by atoms with E-state index in [-0.39, 0.29) is 47.7 Å². The SMILES string of the molecule is COC(=O)C1(N(C(=O)C(F)(F)F)c2cccc(Cl)c2)CCC2(CC1)c1cc(OCCCNC(=O)Cc3cccc(-c4cccnc4)c3)ccc1C[C@@H]2C[C@@H](C)COc1ccnc2c1[C@H](C)CCC2. The Kier molecular flexibility index (Phi) is 14.8. The molecule has 0 radical (unpaired) electrons. The quantitative estimate of drug-likeness (QED) is 0.0767. The third-order valence-electron chi connectivity index (χ3n) is 14.3. The highest BCUT2D eigenvalue weighted by molar-refractivity contribution is 6.31. The van der Waals surface area contributed by atoms with Gasteiger partial charge in [0.1, 0.15) is 17.0 Å². The molecule has 2 heterocycles. The van der Waals surface area contributed by atoms with Gasteiger partial charge >= 0.3 is 18.1 Å². The average molecular weight is 952 g/mol. The number of halogens is 4. The number of pyridine rings is 2. The molecule has 1 N–H and O–H groups in total. The van der Waals surface area contributed by atoms with Crippen molar-refractivity contribution in [2.45, 2.75) is 108 Å². The molecule has 2 aromatic heterocycles. The number of methoxy groups -OCH3 is 1. The first kappa shape index (κ1) is 48.5. The highest BCUT2D eigenvalue weighted by atomic mass is 35.5. The Labute approximate surface area is 401 Å². The van der Waals surface area contributed by atoms with Gasteiger partial charge in [0, 0.05) is 47.1 Å². The Morgan fingerprint density at radius 2 is 1.74 bits per heavy atom. The third-order valence-corrected chi connectivity index (χ3v) is 14.6. The molecule has 1 saturated carbocycles. The van der Waals surface area contributed by atoms with E-state index in [0.717, 1.165) is 72.1 Å². The van der Waals surface area contributed by atoms with Gasteiger partial charge in [-0.05, 0) is 158 Å². The molecule has 8 rings (SSSR count). The largest absolute Gasteiger partial charge is 0.494 e. The summed E-state index contributed by atoms with van der Waals surface area (Å²) in [5.41, 5.74) is 4.59. The fraction of sp³-hybridized carbons (Fsp3) is 0.426. The molecule has 0 bridgehead atoms. The van der Waals surface area contributed by atoms with Crippen molar-refractivity contribution in [2.24, 2.45) is 11.8 Å². The maximum Gasteiger partial charge on any atom is 0.471 e. The van der Waals surface area contributed by atoms with Crippen LogP contribution in [0.3, 0.4) is 0 Å². The maximum absolute atomic E-state index is 14.5. The van der Waals surface area contributed by atoms with Crippen molar-refractivity contribution in [2.75, 3.05) is 31.8 Å². The number of amides is 2. The predicted molar refractivity (Wildman–Crippen MR) is 255 cm³/mol. The Hall–Kier alpha value is -5.95. The first-order valence-corrected chi connectivity index (χ1v) is 24.0. The third kappa shape index (κ3) is 10.4. The number of aromatic nitrogens is 2. The summed E-state index contributed by atoms with van der Waals surface area (Å²) in [4.78, 5) is 49.8. The number of nitrogens with zero attached hydrogens (tertiary/aromatic N) is 3. The monoisotopic (exact) mass is 950 g/mol. The van der Waals surface area contributed by atoms with Gasteiger partial charge in [0.25, 0.3) is 0 Å². The molecule has 1 fully saturated rings. The molecule has 0 saturated heterocycles. The Balaban J connectivity index is 1.00. The van der Waals surface area contributed by atoms with Crippen molar-refractivity contribution in [3.63, 3.8) is 0 Å². The number of alkyl halides is 3. The van der Waals surface area contributed by atoms with Crippen molar-refractivity contribution in [3.05, 3.63) is 136 Å². The fourth-order valence-corrected chi connectivity index (χ4v) is 11.2. The Morgan fingerprint density at radius 3 is 2.49 bits per heavy atom. The molecule has 358 valence electrons. The molecule has 0 aliphatic heterocycles. The first-order chi connectivity index (χ1) is 32.7. The lowest BCUT2D eigenvalue weighted by molar-refractivity contribution is -0.174. The molecule has 0 unspecified atom stereocenters. The minimum absolute atomic E-state index is 0.0329. The van der Waals surface area contributed by atoms with E-state index in [1.807, 2.05) is 60.8 Å². The summed E-state index contributed by atoms with van der Waals surface area (Å²) >= 11 is 6.29. The van der Waals surface area contributed by atoms with Gasteiger partial charge in [-0.2, -0.15) is 13.2 Å². The second-order valence-corrected chi connectivity index (χ2v) is 19.2. The van der Waals surface area contributed by atoms with Crippen LogP contribution in [0.1, 0.15) is 99.1 Å². The fourth-order valence-electron chi connectivity index (χ4n) is 11.1. The van der Waals surface area contributed by atoms with E-state index in [4.69, 9.17) is 25.8 Å². The van der Waals surface area contributed by atoms with Crippen LogP contribution in [0.25, 0.3) is 11.1 Å². The van der Waals surface area contributed by atoms with Crippen LogP contribution in [0.2, 0.25) is 5.02 Å². The molecule has 3 atom stereocenters. The highest BCUT2D eigenvalue weighted by Crippen LogP contribution is 2.58. The molecule has 1 spiro atoms. The summed E-state index contributed by atoms with van der Waals surface area (Å²) < 4.78 is 61.8. The number of carbonyl (C=O) groups is 3. The summed E-state index contributed by atoms with van der Waals surface area (Å²) in [6.07, 6.45) is 5.80. The number of benzene rings is 3. The summed E-state index contributed by atoms with van der Waals surface area (Å²) in [6.45, 7) is 5.58. The highest BCUT2D eigenvalue weighted by Gasteiger charge is 2.60. The van der Waals surface area contributed by atoms with E-state index in [9.17, 15) is 27.6 Å². The molecule has 2 amide bonds. The van der Waals surface area contributed by atoms with Crippen LogP contribution in [0.15, 0.2) is 104 Å². The van der Waals surface area contributed by atoms with Crippen molar-refractivity contribution in [1.29, 1.82) is 0 Å². The number of nitrogens with one attached hydrogen (secondary N) is 1. The molecule has 3 aliphatic carbocycles. The Morgan fingerprint density at radius 1 is 0.941 bits per heavy atom. The van der Waals surface area contributed by atoms with Crippen LogP contribution in [-0.2, 0) is 43.8 Å². The van der Waals surface area contributed by atoms with Gasteiger partial charge in [-0.15, -0.1) is 0 Å². The van der Waals surface area contributed by atoms with Gasteiger partial charge in [-0.25, -0.2) is 4.79 Å². The predicted octanol–water partition coefficient (Wildman–Crippen LogP) is 11.0. The van der Waals surface area contributed by atoms with Crippen molar-refractivity contribution >= 4 is 35.1 Å². The standard InChI is InChI=1S/C54H58ClF3N4O6/c1-35(34-68-47-18-25-60-46-15-4-9-36(2)49(46)47)27-41-30-39-16-17-44(67-26-8-24-61-48(63)29-37-10-5-11-38(28-37)40-12-7-23-59-33-40)32-45(39)52(41)19-21-53(22-20-52,51(65)66-3)62(50(64)54(56,57)58)43-14-6-13-42(55)31-43/h5-7,10-14,16-18,23,25,28,31-33,35-36,41H,4,8-9,15,19-22,24,26-27,29-30,34H2,1-3H3,(H,61,63)/t35-,36-,41+,52?,53?/m1/s1. The number of hydrogen-bond donors (Lipinski definition) is 1. The molecule has 10 nitrogen and oxygen atoms in total. The molecular formula is C54H58ClF3N4O6. The van der Waals surface area contributed by atoms with Crippen molar-refractivity contribution < 1.29 is 41.8 Å². The van der Waals surface area contributed by atoms with Crippen molar-refractivity contribution in [3.8, 4) is 22.6 Å². The number of carbonyl (C=O) groups excluding carboxylic acids is 3. The second-order valence-electron chi connectivity index (χ2n) is 18.8. The zero-order chi connectivity index (χ0) is 48.1. The minimum atomic E-state index is -5.29. The lowest BCUT2D eigenvalue weighted by atomic mass is 9.59. The van der Waals surface area contributed by atoms with E-state index in [0.29, 0.717) is 62.0 Å². The van der Waals surface area contributed by atoms with Gasteiger partial charge < -0.3 is 19.5 Å². The van der Waals surface area contributed by atoms with Crippen LogP contribution in [-0.4, -0.2) is 66.3 Å². The maximum atomic E-state index is 14.5. The molecule has 5 aromatic rings. The number of hydrogen-bond acceptors (Lipinski definition) is 8. The number of aryl methyl sites for hydroxylation is 1. The molecular weight excluding hydrogens is 893 g/mol. The molecule has 14 heteroatoms. The number of esters is 1. The number of anilines is 1. The Bertz CT molecular complexity index is 2600. The van der Waals surface area contributed by atoms with Crippen molar-refractivity contribution in [1.82, 2.24) is 15.3 Å². The minimum Gasteiger partial charge on any atom is -0.494 e. The van der Waals surface area contributed by atoms with Crippen LogP contribution >= 0.6 is 11.6 Å². The van der Waals surface area contributed by atoms with E-state index < -0.39 is 29.0 Å². The van der Waals surface area contributed by atoms with E-state index >= 15 is 0 Å². The topological polar surface area (TPSA) is 120 Å². The van der Waals surface area contributed by atoms with Crippen LogP contribution in [0, 0.1) is 11.8 Å². The molecule has 3 aromatic carbocycles. The van der Waals surface area contributed by atoms with Crippen LogP contribution < -0.4 is 19.7 Å². The molecule has 3 aliphatic rings. The first-order valence-electron chi connectivity index (χ1n) is 23.6. The van der Waals surface area contributed by atoms with Crippen LogP contribution in [0.4, 0.5) is 18.9 Å². The number of rotatable bonds is 16. The number of ether oxygens (including phenoxy) is 3. The van der Waals surface area contributed by atoms with E-state index in [2.05, 4.69) is 35.2 Å². The lowest BCUT2D eigenvalue weighted by Crippen LogP contribution is -2.63. The van der Waals surface area contributed by atoms with Crippen LogP contribution in [0.5, 0.6) is 11.5 Å². The van der Waals surface area contributed by atoms with E-state index in [1.54, 1.807) is 12.4 Å². The number of fused-ring (bicyclic) bond motifs is 3. The summed E-state index contributed by atoms with van der Waals surface area (Å²) in [6, 6.07) is 25.3. The normalized spacial score (nSPS) is 21.3. The smallest absolute Gasteiger partial charge is 0.471 e. The van der Waals surface area contributed by atoms with Gasteiger partial charge in [-0.1, -0.05) is 67.9 Å². The summed E-state index contributed by atoms with van der Waals surface area (Å²) in [7, 11) is 1.14. The zero-order valence-corrected chi connectivity index (χ0v) is 39.5. The van der Waals surface area contributed by atoms with Gasteiger partial charge in [-0.3, -0.25) is 24.5 Å². The molecule has 68 heavy (non-hydrogen) atoms. The van der Waals surface area contributed by atoms with Gasteiger partial charge in [0.2, 0.25) is 5.91 Å². The summed E-state index contributed by atoms with van der Waals surface area (Å²) in [5.74, 6) is -1.21. The summed E-state index contributed by atoms with van der Waals surface area (Å²) in [5, 5.41) is 3.12. The van der Waals surface area contributed by atoms with E-state index in [1.165, 1.54) is 29.8 Å². The zero-order valence-electron chi connectivity index (χ0n) is 38.7.